The summed E-state index contributed by atoms with van der Waals surface area (Å²) in [5.41, 5.74) is 0.359. The van der Waals surface area contributed by atoms with Crippen LogP contribution in [0, 0.1) is 11.3 Å². The van der Waals surface area contributed by atoms with Gasteiger partial charge in [0.25, 0.3) is 0 Å². The van der Waals surface area contributed by atoms with Crippen LogP contribution in [0.15, 0.2) is 0 Å². The number of anilines is 1. The van der Waals surface area contributed by atoms with Crippen LogP contribution in [0.4, 0.5) is 5.82 Å². The third-order valence-electron chi connectivity index (χ3n) is 3.62. The molecule has 1 aromatic heterocycles. The van der Waals surface area contributed by atoms with Gasteiger partial charge in [0.05, 0.1) is 0 Å². The molecule has 1 aliphatic heterocycles. The van der Waals surface area contributed by atoms with Gasteiger partial charge in [-0.2, -0.15) is 4.98 Å². The molecule has 6 heteroatoms. The summed E-state index contributed by atoms with van der Waals surface area (Å²) in [7, 11) is 0. The van der Waals surface area contributed by atoms with Gasteiger partial charge in [0.1, 0.15) is 0 Å². The first kappa shape index (κ1) is 13.8. The third kappa shape index (κ3) is 3.04. The highest BCUT2D eigenvalue weighted by Crippen LogP contribution is 2.36. The van der Waals surface area contributed by atoms with Gasteiger partial charge in [-0.15, -0.1) is 10.2 Å². The molecule has 0 bridgehead atoms. The summed E-state index contributed by atoms with van der Waals surface area (Å²) in [6.07, 6.45) is 2.28. The van der Waals surface area contributed by atoms with Crippen molar-refractivity contribution in [3.8, 4) is 0 Å². The second-order valence-electron chi connectivity index (χ2n) is 5.82. The van der Waals surface area contributed by atoms with Gasteiger partial charge >= 0.3 is 0 Å². The number of piperidine rings is 1. The molecule has 0 saturated carbocycles. The standard InChI is InChI=1S/C12H18Cl2N4/c1-12(2,3)8-4-6-18(7-5-8)10-9(13)16-17-11(14)15-10/h8H,4-7H2,1-3H3. The molecule has 1 fully saturated rings. The SMILES string of the molecule is CC(C)(C)C1CCN(c2nc(Cl)nnc2Cl)CC1. The van der Waals surface area contributed by atoms with Crippen LogP contribution < -0.4 is 4.90 Å². The summed E-state index contributed by atoms with van der Waals surface area (Å²) in [5, 5.41) is 7.91. The number of hydrogen-bond acceptors (Lipinski definition) is 4. The molecule has 2 rings (SSSR count). The van der Waals surface area contributed by atoms with Crippen molar-refractivity contribution in [2.75, 3.05) is 18.0 Å². The maximum atomic E-state index is 6.02. The molecular weight excluding hydrogens is 271 g/mol. The number of aromatic nitrogens is 3. The van der Waals surface area contributed by atoms with E-state index in [0.29, 0.717) is 16.4 Å². The highest BCUT2D eigenvalue weighted by molar-refractivity contribution is 6.32. The number of rotatable bonds is 1. The Hall–Kier alpha value is -0.610. The molecule has 0 unspecified atom stereocenters. The van der Waals surface area contributed by atoms with Crippen LogP contribution >= 0.6 is 23.2 Å². The van der Waals surface area contributed by atoms with E-state index in [4.69, 9.17) is 23.2 Å². The minimum atomic E-state index is 0.146. The molecule has 4 nitrogen and oxygen atoms in total. The molecule has 18 heavy (non-hydrogen) atoms. The summed E-state index contributed by atoms with van der Waals surface area (Å²) in [4.78, 5) is 6.31. The van der Waals surface area contributed by atoms with Crippen molar-refractivity contribution in [1.29, 1.82) is 0 Å². The van der Waals surface area contributed by atoms with Gasteiger partial charge in [0.2, 0.25) is 5.28 Å². The molecule has 0 amide bonds. The molecule has 0 atom stereocenters. The third-order valence-corrected chi connectivity index (χ3v) is 4.03. The van der Waals surface area contributed by atoms with Crippen LogP contribution in [0.3, 0.4) is 0 Å². The number of halogens is 2. The molecular formula is C12H18Cl2N4. The van der Waals surface area contributed by atoms with E-state index in [9.17, 15) is 0 Å². The summed E-state index contributed by atoms with van der Waals surface area (Å²) in [6.45, 7) is 8.77. The smallest absolute Gasteiger partial charge is 0.245 e. The Morgan fingerprint density at radius 3 is 2.28 bits per heavy atom. The van der Waals surface area contributed by atoms with Gasteiger partial charge in [-0.1, -0.05) is 32.4 Å². The van der Waals surface area contributed by atoms with Crippen LogP contribution in [0.2, 0.25) is 10.4 Å². The largest absolute Gasteiger partial charge is 0.354 e. The van der Waals surface area contributed by atoms with Crippen LogP contribution in [0.1, 0.15) is 33.6 Å². The van der Waals surface area contributed by atoms with Crippen molar-refractivity contribution < 1.29 is 0 Å². The molecule has 1 saturated heterocycles. The van der Waals surface area contributed by atoms with E-state index in [1.807, 2.05) is 0 Å². The predicted molar refractivity (Wildman–Crippen MR) is 74.2 cm³/mol. The lowest BCUT2D eigenvalue weighted by molar-refractivity contribution is 0.198. The van der Waals surface area contributed by atoms with E-state index in [0.717, 1.165) is 31.8 Å². The average Bonchev–Trinajstić information content (AvgIpc) is 2.31. The van der Waals surface area contributed by atoms with E-state index < -0.39 is 0 Å². The fourth-order valence-corrected chi connectivity index (χ4v) is 2.76. The van der Waals surface area contributed by atoms with Crippen LogP contribution in [-0.4, -0.2) is 28.3 Å². The topological polar surface area (TPSA) is 41.9 Å². The van der Waals surface area contributed by atoms with E-state index in [-0.39, 0.29) is 5.28 Å². The van der Waals surface area contributed by atoms with Gasteiger partial charge in [0.15, 0.2) is 11.0 Å². The Balaban J connectivity index is 2.08. The lowest BCUT2D eigenvalue weighted by atomic mass is 9.75. The molecule has 1 aromatic rings. The maximum absolute atomic E-state index is 6.02. The monoisotopic (exact) mass is 288 g/mol. The van der Waals surface area contributed by atoms with Gasteiger partial charge in [-0.3, -0.25) is 0 Å². The van der Waals surface area contributed by atoms with E-state index in [2.05, 4.69) is 40.9 Å². The van der Waals surface area contributed by atoms with Gasteiger partial charge in [-0.25, -0.2) is 0 Å². The van der Waals surface area contributed by atoms with Crippen molar-refractivity contribution in [1.82, 2.24) is 15.2 Å². The fourth-order valence-electron chi connectivity index (χ4n) is 2.44. The summed E-state index contributed by atoms with van der Waals surface area (Å²) >= 11 is 11.8. The molecule has 0 aliphatic carbocycles. The molecule has 100 valence electrons. The second-order valence-corrected chi connectivity index (χ2v) is 6.52. The van der Waals surface area contributed by atoms with Gasteiger partial charge in [-0.05, 0) is 35.8 Å². The second kappa shape index (κ2) is 5.17. The molecule has 1 aliphatic rings. The van der Waals surface area contributed by atoms with Crippen molar-refractivity contribution >= 4 is 29.0 Å². The minimum Gasteiger partial charge on any atom is -0.354 e. The summed E-state index contributed by atoms with van der Waals surface area (Å²) < 4.78 is 0. The first-order valence-electron chi connectivity index (χ1n) is 6.18. The fraction of sp³-hybridized carbons (Fsp3) is 0.750. The average molecular weight is 289 g/mol. The minimum absolute atomic E-state index is 0.146. The van der Waals surface area contributed by atoms with Crippen molar-refractivity contribution in [3.05, 3.63) is 10.4 Å². The van der Waals surface area contributed by atoms with Crippen LogP contribution in [0.25, 0.3) is 0 Å². The summed E-state index contributed by atoms with van der Waals surface area (Å²) in [6, 6.07) is 0. The Kier molecular flexibility index (Phi) is 3.97. The van der Waals surface area contributed by atoms with E-state index in [1.165, 1.54) is 0 Å². The van der Waals surface area contributed by atoms with Crippen molar-refractivity contribution in [3.63, 3.8) is 0 Å². The van der Waals surface area contributed by atoms with Crippen LogP contribution in [-0.2, 0) is 0 Å². The van der Waals surface area contributed by atoms with Gasteiger partial charge < -0.3 is 4.90 Å². The Labute approximate surface area is 118 Å². The van der Waals surface area contributed by atoms with Crippen molar-refractivity contribution in [2.24, 2.45) is 11.3 Å². The Morgan fingerprint density at radius 2 is 1.72 bits per heavy atom. The zero-order valence-corrected chi connectivity index (χ0v) is 12.5. The zero-order valence-electron chi connectivity index (χ0n) is 11.0. The lowest BCUT2D eigenvalue weighted by Gasteiger charge is -2.39. The zero-order chi connectivity index (χ0) is 13.3. The number of nitrogens with zero attached hydrogens (tertiary/aromatic N) is 4. The van der Waals surface area contributed by atoms with Gasteiger partial charge in [0, 0.05) is 13.1 Å². The first-order chi connectivity index (χ1) is 8.38. The normalized spacial score (nSPS) is 18.2. The molecule has 0 spiro atoms. The number of hydrogen-bond donors (Lipinski definition) is 0. The molecule has 0 aromatic carbocycles. The van der Waals surface area contributed by atoms with E-state index in [1.54, 1.807) is 0 Å². The molecule has 2 heterocycles. The summed E-state index contributed by atoms with van der Waals surface area (Å²) in [5.74, 6) is 1.39. The first-order valence-corrected chi connectivity index (χ1v) is 6.94. The Bertz CT molecular complexity index is 423. The predicted octanol–water partition coefficient (Wildman–Crippen LogP) is 3.44. The van der Waals surface area contributed by atoms with Crippen molar-refractivity contribution in [2.45, 2.75) is 33.6 Å². The quantitative estimate of drug-likeness (QED) is 0.794. The highest BCUT2D eigenvalue weighted by atomic mass is 35.5. The highest BCUT2D eigenvalue weighted by Gasteiger charge is 2.30. The van der Waals surface area contributed by atoms with E-state index >= 15 is 0 Å². The maximum Gasteiger partial charge on any atom is 0.245 e. The lowest BCUT2D eigenvalue weighted by Crippen LogP contribution is -2.38. The Morgan fingerprint density at radius 1 is 1.11 bits per heavy atom. The van der Waals surface area contributed by atoms with Crippen LogP contribution in [0.5, 0.6) is 0 Å². The molecule has 0 N–H and O–H groups in total. The molecule has 0 radical (unpaired) electrons.